The van der Waals surface area contributed by atoms with Gasteiger partial charge in [0.1, 0.15) is 0 Å². The van der Waals surface area contributed by atoms with Gasteiger partial charge in [-0.3, -0.25) is 4.79 Å². The first-order valence-corrected chi connectivity index (χ1v) is 3.91. The van der Waals surface area contributed by atoms with Crippen molar-refractivity contribution in [1.29, 1.82) is 0 Å². The highest BCUT2D eigenvalue weighted by Crippen LogP contribution is 2.13. The summed E-state index contributed by atoms with van der Waals surface area (Å²) in [4.78, 5) is 10.2. The molecule has 60 valence electrons. The smallest absolute Gasteiger partial charge is 0.261 e. The van der Waals surface area contributed by atoms with Crippen LogP contribution >= 0.6 is 0 Å². The van der Waals surface area contributed by atoms with Gasteiger partial charge in [0.25, 0.3) is 0 Å². The lowest BCUT2D eigenvalue weighted by atomic mass is 10.0. The first-order chi connectivity index (χ1) is 4.72. The highest BCUT2D eigenvalue weighted by Gasteiger charge is 2.13. The Morgan fingerprint density at radius 2 is 2.10 bits per heavy atom. The van der Waals surface area contributed by atoms with Crippen molar-refractivity contribution in [2.45, 2.75) is 39.5 Å². The summed E-state index contributed by atoms with van der Waals surface area (Å²) in [6.45, 7) is 3.88. The first kappa shape index (κ1) is 9.60. The molecule has 0 radical (unpaired) electrons. The summed E-state index contributed by atoms with van der Waals surface area (Å²) < 4.78 is 12.1. The van der Waals surface area contributed by atoms with Crippen LogP contribution in [0.15, 0.2) is 0 Å². The third kappa shape index (κ3) is 3.59. The van der Waals surface area contributed by atoms with E-state index < -0.39 is 6.04 Å². The molecule has 0 aromatic heterocycles. The second-order valence-electron chi connectivity index (χ2n) is 2.55. The molecule has 1 atom stereocenters. The van der Waals surface area contributed by atoms with Gasteiger partial charge < -0.3 is 0 Å². The molecule has 0 aliphatic heterocycles. The summed E-state index contributed by atoms with van der Waals surface area (Å²) in [6.07, 6.45) is 3.33. The van der Waals surface area contributed by atoms with Crippen LogP contribution in [0.1, 0.15) is 39.5 Å². The molecule has 1 unspecified atom stereocenters. The number of halogens is 1. The van der Waals surface area contributed by atoms with Crippen molar-refractivity contribution in [3.05, 3.63) is 0 Å². The van der Waals surface area contributed by atoms with Gasteiger partial charge in [0.2, 0.25) is 0 Å². The van der Waals surface area contributed by atoms with Crippen LogP contribution in [0.3, 0.4) is 0 Å². The van der Waals surface area contributed by atoms with Crippen LogP contribution in [0.5, 0.6) is 0 Å². The van der Waals surface area contributed by atoms with Gasteiger partial charge in [-0.25, -0.2) is 0 Å². The highest BCUT2D eigenvalue weighted by atomic mass is 19.1. The molecule has 0 spiro atoms. The predicted molar refractivity (Wildman–Crippen MR) is 39.4 cm³/mol. The summed E-state index contributed by atoms with van der Waals surface area (Å²) in [7, 11) is 0. The average Bonchev–Trinajstić information content (AvgIpc) is 1.89. The molecule has 0 aromatic carbocycles. The van der Waals surface area contributed by atoms with E-state index in [2.05, 4.69) is 0 Å². The summed E-state index contributed by atoms with van der Waals surface area (Å²) in [5, 5.41) is 0. The molecule has 1 nitrogen and oxygen atoms in total. The van der Waals surface area contributed by atoms with Crippen molar-refractivity contribution in [1.82, 2.24) is 0 Å². The van der Waals surface area contributed by atoms with Crippen LogP contribution in [0.4, 0.5) is 4.39 Å². The number of hydrogen-bond donors (Lipinski definition) is 0. The van der Waals surface area contributed by atoms with Gasteiger partial charge in [0, 0.05) is 5.92 Å². The van der Waals surface area contributed by atoms with Crippen LogP contribution in [0.25, 0.3) is 0 Å². The fourth-order valence-corrected chi connectivity index (χ4v) is 0.929. The van der Waals surface area contributed by atoms with E-state index in [1.165, 1.54) is 0 Å². The summed E-state index contributed by atoms with van der Waals surface area (Å²) in [6, 6.07) is -1.14. The lowest BCUT2D eigenvalue weighted by Gasteiger charge is -2.05. The average molecular weight is 146 g/mol. The van der Waals surface area contributed by atoms with Crippen LogP contribution in [-0.2, 0) is 4.79 Å². The lowest BCUT2D eigenvalue weighted by Crippen LogP contribution is -2.07. The van der Waals surface area contributed by atoms with Gasteiger partial charge in [0.05, 0.1) is 0 Å². The van der Waals surface area contributed by atoms with Crippen molar-refractivity contribution in [2.24, 2.45) is 5.92 Å². The highest BCUT2D eigenvalue weighted by molar-refractivity contribution is 5.70. The molecule has 0 aliphatic carbocycles. The van der Waals surface area contributed by atoms with E-state index in [1.807, 2.05) is 13.8 Å². The maximum absolute atomic E-state index is 12.1. The van der Waals surface area contributed by atoms with Crippen LogP contribution in [-0.4, -0.2) is 6.04 Å². The van der Waals surface area contributed by atoms with Crippen LogP contribution in [0.2, 0.25) is 0 Å². The molecule has 0 aliphatic rings. The van der Waals surface area contributed by atoms with Crippen molar-refractivity contribution >= 4 is 6.04 Å². The Labute approximate surface area is 61.6 Å². The van der Waals surface area contributed by atoms with Crippen molar-refractivity contribution < 1.29 is 9.18 Å². The molecule has 0 bridgehead atoms. The molecule has 0 saturated heterocycles. The molecule has 0 heterocycles. The maximum atomic E-state index is 12.1. The van der Waals surface area contributed by atoms with E-state index in [1.54, 1.807) is 0 Å². The van der Waals surface area contributed by atoms with Gasteiger partial charge in [-0.15, -0.1) is 0 Å². The Morgan fingerprint density at radius 1 is 1.50 bits per heavy atom. The largest absolute Gasteiger partial charge is 0.304 e. The van der Waals surface area contributed by atoms with E-state index >= 15 is 0 Å². The minimum atomic E-state index is -1.14. The van der Waals surface area contributed by atoms with Gasteiger partial charge in [0.15, 0.2) is 0 Å². The third-order valence-electron chi connectivity index (χ3n) is 1.72. The standard InChI is InChI=1S/C8H15FO/c1-3-5-6-7(4-2)8(9)10/h7H,3-6H2,1-2H3. The first-order valence-electron chi connectivity index (χ1n) is 3.91. The van der Waals surface area contributed by atoms with E-state index in [4.69, 9.17) is 0 Å². The molecule has 0 fully saturated rings. The molecule has 0 aromatic rings. The van der Waals surface area contributed by atoms with E-state index in [0.717, 1.165) is 12.8 Å². The number of rotatable bonds is 5. The summed E-state index contributed by atoms with van der Waals surface area (Å²) in [5.74, 6) is -0.333. The zero-order valence-electron chi connectivity index (χ0n) is 6.69. The van der Waals surface area contributed by atoms with Crippen LogP contribution < -0.4 is 0 Å². The Kier molecular flexibility index (Phi) is 5.17. The number of carbonyl (C=O) groups excluding carboxylic acids is 1. The van der Waals surface area contributed by atoms with Gasteiger partial charge in [-0.2, -0.15) is 4.39 Å². The quantitative estimate of drug-likeness (QED) is 0.545. The van der Waals surface area contributed by atoms with Gasteiger partial charge in [-0.05, 0) is 12.8 Å². The van der Waals surface area contributed by atoms with Crippen molar-refractivity contribution in [3.63, 3.8) is 0 Å². The second kappa shape index (κ2) is 5.39. The van der Waals surface area contributed by atoms with Crippen molar-refractivity contribution in [3.8, 4) is 0 Å². The van der Waals surface area contributed by atoms with E-state index in [-0.39, 0.29) is 5.92 Å². The fourth-order valence-electron chi connectivity index (χ4n) is 0.929. The van der Waals surface area contributed by atoms with Crippen molar-refractivity contribution in [2.75, 3.05) is 0 Å². The number of hydrogen-bond acceptors (Lipinski definition) is 1. The Hall–Kier alpha value is -0.400. The molecular formula is C8H15FO. The second-order valence-corrected chi connectivity index (χ2v) is 2.55. The topological polar surface area (TPSA) is 17.1 Å². The lowest BCUT2D eigenvalue weighted by molar-refractivity contribution is -0.133. The molecule has 10 heavy (non-hydrogen) atoms. The number of unbranched alkanes of at least 4 members (excludes halogenated alkanes) is 1. The Morgan fingerprint density at radius 3 is 2.40 bits per heavy atom. The van der Waals surface area contributed by atoms with Crippen LogP contribution in [0, 0.1) is 5.92 Å². The molecule has 0 saturated carbocycles. The zero-order chi connectivity index (χ0) is 7.98. The summed E-state index contributed by atoms with van der Waals surface area (Å²) in [5.41, 5.74) is 0. The number of carbonyl (C=O) groups is 1. The Bertz CT molecular complexity index is 101. The Balaban J connectivity index is 3.50. The van der Waals surface area contributed by atoms with Gasteiger partial charge in [-0.1, -0.05) is 26.7 Å². The van der Waals surface area contributed by atoms with Gasteiger partial charge >= 0.3 is 6.04 Å². The molecule has 2 heteroatoms. The predicted octanol–water partition coefficient (Wildman–Crippen LogP) is 2.70. The SMILES string of the molecule is CCCCC(CC)C(=O)F. The monoisotopic (exact) mass is 146 g/mol. The molecule has 0 N–H and O–H groups in total. The zero-order valence-corrected chi connectivity index (χ0v) is 6.69. The minimum absolute atomic E-state index is 0.333. The fraction of sp³-hybridized carbons (Fsp3) is 0.875. The van der Waals surface area contributed by atoms with E-state index in [0.29, 0.717) is 12.8 Å². The van der Waals surface area contributed by atoms with E-state index in [9.17, 15) is 9.18 Å². The third-order valence-corrected chi connectivity index (χ3v) is 1.72. The molecular weight excluding hydrogens is 131 g/mol. The minimum Gasteiger partial charge on any atom is -0.261 e. The molecule has 0 rings (SSSR count). The normalized spacial score (nSPS) is 13.1. The molecule has 0 amide bonds. The maximum Gasteiger partial charge on any atom is 0.304 e. The summed E-state index contributed by atoms with van der Waals surface area (Å²) >= 11 is 0.